The molecule has 1 rings (SSSR count). The zero-order valence-electron chi connectivity index (χ0n) is 13.0. The molecule has 0 aliphatic heterocycles. The van der Waals surface area contributed by atoms with E-state index in [0.717, 1.165) is 31.2 Å². The number of hydrogen-bond donors (Lipinski definition) is 2. The topological polar surface area (TPSA) is 72.5 Å². The van der Waals surface area contributed by atoms with E-state index in [9.17, 15) is 9.90 Å². The van der Waals surface area contributed by atoms with Gasteiger partial charge in [0.25, 0.3) is 0 Å². The van der Waals surface area contributed by atoms with Crippen molar-refractivity contribution in [2.75, 3.05) is 6.61 Å². The lowest BCUT2D eigenvalue weighted by molar-refractivity contribution is -0.146. The third-order valence-electron chi connectivity index (χ3n) is 3.70. The van der Waals surface area contributed by atoms with Crippen molar-refractivity contribution in [1.29, 1.82) is 0 Å². The second-order valence-electron chi connectivity index (χ2n) is 5.52. The second-order valence-corrected chi connectivity index (χ2v) is 5.52. The summed E-state index contributed by atoms with van der Waals surface area (Å²) in [4.78, 5) is 11.9. The second kappa shape index (κ2) is 9.40. The molecular weight excluding hydrogens is 266 g/mol. The molecule has 1 aromatic rings. The minimum absolute atomic E-state index is 0.205. The van der Waals surface area contributed by atoms with Crippen LogP contribution in [-0.4, -0.2) is 23.7 Å². The molecule has 0 heterocycles. The van der Waals surface area contributed by atoms with Crippen molar-refractivity contribution in [3.05, 3.63) is 29.8 Å². The van der Waals surface area contributed by atoms with Crippen molar-refractivity contribution in [3.8, 4) is 5.75 Å². The fourth-order valence-electron chi connectivity index (χ4n) is 2.17. The van der Waals surface area contributed by atoms with Crippen LogP contribution in [-0.2, 0) is 16.0 Å². The predicted molar refractivity (Wildman–Crippen MR) is 84.1 cm³/mol. The van der Waals surface area contributed by atoms with Crippen LogP contribution in [0.25, 0.3) is 0 Å². The Morgan fingerprint density at radius 2 is 1.95 bits per heavy atom. The van der Waals surface area contributed by atoms with Gasteiger partial charge in [-0.05, 0) is 36.5 Å². The Morgan fingerprint density at radius 1 is 1.29 bits per heavy atom. The van der Waals surface area contributed by atoms with Crippen molar-refractivity contribution in [2.24, 2.45) is 11.7 Å². The molecule has 0 spiro atoms. The average Bonchev–Trinajstić information content (AvgIpc) is 2.49. The maximum atomic E-state index is 11.9. The van der Waals surface area contributed by atoms with Crippen LogP contribution in [0.2, 0.25) is 0 Å². The smallest absolute Gasteiger partial charge is 0.323 e. The lowest BCUT2D eigenvalue weighted by atomic mass is 10.0. The normalized spacial score (nSPS) is 13.7. The van der Waals surface area contributed by atoms with Crippen molar-refractivity contribution in [1.82, 2.24) is 0 Å². The highest BCUT2D eigenvalue weighted by Crippen LogP contribution is 2.14. The minimum Gasteiger partial charge on any atom is -0.508 e. The van der Waals surface area contributed by atoms with Gasteiger partial charge in [0.15, 0.2) is 0 Å². The molecule has 0 bridgehead atoms. The van der Waals surface area contributed by atoms with Crippen LogP contribution >= 0.6 is 0 Å². The van der Waals surface area contributed by atoms with Crippen LogP contribution in [0, 0.1) is 5.92 Å². The highest BCUT2D eigenvalue weighted by atomic mass is 16.5. The number of ether oxygens (including phenoxy) is 1. The Hall–Kier alpha value is -1.55. The summed E-state index contributed by atoms with van der Waals surface area (Å²) in [6, 6.07) is 6.05. The number of rotatable bonds is 9. The largest absolute Gasteiger partial charge is 0.508 e. The zero-order chi connectivity index (χ0) is 15.7. The van der Waals surface area contributed by atoms with Gasteiger partial charge in [0.1, 0.15) is 11.8 Å². The molecule has 4 heteroatoms. The molecule has 1 aromatic carbocycles. The van der Waals surface area contributed by atoms with Crippen LogP contribution in [0.3, 0.4) is 0 Å². The Morgan fingerprint density at radius 3 is 2.52 bits per heavy atom. The first-order chi connectivity index (χ1) is 10.1. The maximum absolute atomic E-state index is 11.9. The Labute approximate surface area is 127 Å². The third-order valence-corrected chi connectivity index (χ3v) is 3.70. The van der Waals surface area contributed by atoms with Crippen molar-refractivity contribution in [3.63, 3.8) is 0 Å². The third kappa shape index (κ3) is 6.63. The number of esters is 1. The summed E-state index contributed by atoms with van der Waals surface area (Å²) >= 11 is 0. The molecule has 0 fully saturated rings. The van der Waals surface area contributed by atoms with Gasteiger partial charge in [-0.3, -0.25) is 4.79 Å². The van der Waals surface area contributed by atoms with Crippen LogP contribution in [0.5, 0.6) is 5.75 Å². The van der Waals surface area contributed by atoms with Gasteiger partial charge in [-0.25, -0.2) is 0 Å². The summed E-state index contributed by atoms with van der Waals surface area (Å²) in [5, 5.41) is 9.22. The SMILES string of the molecule is CCCCC(CC)COC(=O)[C@H](N)Cc1ccc(O)cc1. The average molecular weight is 293 g/mol. The fourth-order valence-corrected chi connectivity index (χ4v) is 2.17. The number of aromatic hydroxyl groups is 1. The Balaban J connectivity index is 2.38. The number of hydrogen-bond acceptors (Lipinski definition) is 4. The molecule has 2 atom stereocenters. The first-order valence-corrected chi connectivity index (χ1v) is 7.76. The molecule has 4 nitrogen and oxygen atoms in total. The molecule has 1 unspecified atom stereocenters. The fraction of sp³-hybridized carbons (Fsp3) is 0.588. The molecule has 0 amide bonds. The predicted octanol–water partition coefficient (Wildman–Crippen LogP) is 3.02. The van der Waals surface area contributed by atoms with Gasteiger partial charge < -0.3 is 15.6 Å². The summed E-state index contributed by atoms with van der Waals surface area (Å²) in [6.45, 7) is 4.73. The molecule has 0 saturated carbocycles. The maximum Gasteiger partial charge on any atom is 0.323 e. The van der Waals surface area contributed by atoms with E-state index in [4.69, 9.17) is 10.5 Å². The number of carbonyl (C=O) groups is 1. The lowest BCUT2D eigenvalue weighted by Crippen LogP contribution is -2.35. The number of carbonyl (C=O) groups excluding carboxylic acids is 1. The van der Waals surface area contributed by atoms with Crippen LogP contribution in [0.4, 0.5) is 0 Å². The molecular formula is C17H27NO3. The Kier molecular flexibility index (Phi) is 7.83. The van der Waals surface area contributed by atoms with Crippen molar-refractivity contribution in [2.45, 2.75) is 52.0 Å². The van der Waals surface area contributed by atoms with Gasteiger partial charge in [-0.15, -0.1) is 0 Å². The molecule has 0 aliphatic rings. The van der Waals surface area contributed by atoms with Gasteiger partial charge in [0.2, 0.25) is 0 Å². The number of benzene rings is 1. The van der Waals surface area contributed by atoms with Gasteiger partial charge >= 0.3 is 5.97 Å². The highest BCUT2D eigenvalue weighted by Gasteiger charge is 2.17. The van der Waals surface area contributed by atoms with E-state index in [0.29, 0.717) is 18.9 Å². The first-order valence-electron chi connectivity index (χ1n) is 7.76. The Bertz CT molecular complexity index is 417. The van der Waals surface area contributed by atoms with Gasteiger partial charge in [-0.1, -0.05) is 45.2 Å². The van der Waals surface area contributed by atoms with E-state index in [1.807, 2.05) is 0 Å². The number of unbranched alkanes of at least 4 members (excludes halogenated alkanes) is 1. The highest BCUT2D eigenvalue weighted by molar-refractivity contribution is 5.75. The minimum atomic E-state index is -0.654. The standard InChI is InChI=1S/C17H27NO3/c1-3-5-6-13(4-2)12-21-17(20)16(18)11-14-7-9-15(19)10-8-14/h7-10,13,16,19H,3-6,11-12,18H2,1-2H3/t13?,16-/m1/s1. The number of phenols is 1. The van der Waals surface area contributed by atoms with Gasteiger partial charge in [0, 0.05) is 0 Å². The van der Waals surface area contributed by atoms with E-state index in [1.165, 1.54) is 0 Å². The number of phenolic OH excluding ortho intramolecular Hbond substituents is 1. The number of nitrogens with two attached hydrogens (primary N) is 1. The summed E-state index contributed by atoms with van der Waals surface area (Å²) < 4.78 is 5.34. The molecule has 0 radical (unpaired) electrons. The molecule has 0 saturated heterocycles. The van der Waals surface area contributed by atoms with E-state index in [-0.39, 0.29) is 11.7 Å². The van der Waals surface area contributed by atoms with Crippen molar-refractivity contribution >= 4 is 5.97 Å². The first kappa shape index (κ1) is 17.5. The zero-order valence-corrected chi connectivity index (χ0v) is 13.0. The van der Waals surface area contributed by atoms with Gasteiger partial charge in [0.05, 0.1) is 6.61 Å². The van der Waals surface area contributed by atoms with E-state index < -0.39 is 6.04 Å². The van der Waals surface area contributed by atoms with Crippen LogP contribution in [0.1, 0.15) is 45.1 Å². The van der Waals surface area contributed by atoms with E-state index in [1.54, 1.807) is 24.3 Å². The summed E-state index contributed by atoms with van der Waals surface area (Å²) in [5.41, 5.74) is 6.79. The van der Waals surface area contributed by atoms with Crippen molar-refractivity contribution < 1.29 is 14.6 Å². The van der Waals surface area contributed by atoms with Crippen LogP contribution < -0.4 is 5.73 Å². The molecule has 0 aliphatic carbocycles. The van der Waals surface area contributed by atoms with E-state index in [2.05, 4.69) is 13.8 Å². The molecule has 3 N–H and O–H groups in total. The van der Waals surface area contributed by atoms with Gasteiger partial charge in [-0.2, -0.15) is 0 Å². The lowest BCUT2D eigenvalue weighted by Gasteiger charge is -2.17. The summed E-state index contributed by atoms with van der Waals surface area (Å²) in [6.07, 6.45) is 4.85. The monoisotopic (exact) mass is 293 g/mol. The summed E-state index contributed by atoms with van der Waals surface area (Å²) in [5.74, 6) is 0.282. The van der Waals surface area contributed by atoms with Crippen LogP contribution in [0.15, 0.2) is 24.3 Å². The molecule has 21 heavy (non-hydrogen) atoms. The van der Waals surface area contributed by atoms with E-state index >= 15 is 0 Å². The summed E-state index contributed by atoms with van der Waals surface area (Å²) in [7, 11) is 0. The molecule has 0 aromatic heterocycles. The molecule has 118 valence electrons. The quantitative estimate of drug-likeness (QED) is 0.686.